The van der Waals surface area contributed by atoms with E-state index < -0.39 is 35.9 Å². The molecular weight excluding hydrogens is 550 g/mol. The summed E-state index contributed by atoms with van der Waals surface area (Å²) in [4.78, 5) is 18.8. The van der Waals surface area contributed by atoms with Crippen LogP contribution in [0.2, 0.25) is 0 Å². The quantitative estimate of drug-likeness (QED) is 0.359. The van der Waals surface area contributed by atoms with Crippen LogP contribution in [0.5, 0.6) is 0 Å². The number of carbonyl (C=O) groups is 1. The molecule has 39 heavy (non-hydrogen) atoms. The zero-order valence-electron chi connectivity index (χ0n) is 20.0. The molecule has 1 N–H and O–H groups in total. The number of amidine groups is 1. The smallest absolute Gasteiger partial charge is 0.394 e. The number of benzene rings is 2. The molecule has 0 aliphatic carbocycles. The number of aliphatic hydroxyl groups excluding tert-OH is 1. The molecule has 3 aromatic rings. The molecule has 1 saturated heterocycles. The average Bonchev–Trinajstić information content (AvgIpc) is 3.45. The van der Waals surface area contributed by atoms with Gasteiger partial charge in [0.05, 0.1) is 60.2 Å². The number of nitrogens with zero attached hydrogens (tertiary/aromatic N) is 4. The first kappa shape index (κ1) is 27.2. The van der Waals surface area contributed by atoms with Crippen LogP contribution in [-0.4, -0.2) is 63.3 Å². The zero-order valence-corrected chi connectivity index (χ0v) is 20.8. The van der Waals surface area contributed by atoms with Crippen molar-refractivity contribution in [2.75, 3.05) is 26.4 Å². The van der Waals surface area contributed by atoms with Crippen LogP contribution in [-0.2, 0) is 28.4 Å². The van der Waals surface area contributed by atoms with E-state index in [9.17, 15) is 36.2 Å². The maximum absolute atomic E-state index is 13.6. The molecule has 0 radical (unpaired) electrons. The minimum atomic E-state index is -4.98. The number of halogens is 6. The van der Waals surface area contributed by atoms with Gasteiger partial charge in [0.15, 0.2) is 5.17 Å². The van der Waals surface area contributed by atoms with E-state index in [0.29, 0.717) is 52.4 Å². The minimum Gasteiger partial charge on any atom is -0.394 e. The SMILES string of the molecule is O=C1N=C(N2CCOC[C@@H]2CO)SC1=Cc1ccc2c(cnn2Cc2ccc(C(F)(F)F)cc2C(F)(F)F)c1. The standard InChI is InChI=1S/C25H20F6N4O3S/c26-24(27,28)17-3-2-15(19(9-17)25(29,30)31)11-35-20-4-1-14(7-16(20)10-32-35)8-21-22(37)33-23(39-21)34-5-6-38-13-18(34)12-36/h1-4,7-10,18,36H,5-6,11-13H2/t18-/m0/s1. The van der Waals surface area contributed by atoms with Gasteiger partial charge >= 0.3 is 12.4 Å². The lowest BCUT2D eigenvalue weighted by molar-refractivity contribution is -0.143. The Kier molecular flexibility index (Phi) is 7.20. The summed E-state index contributed by atoms with van der Waals surface area (Å²) >= 11 is 1.17. The summed E-state index contributed by atoms with van der Waals surface area (Å²) < 4.78 is 86.3. The number of aliphatic hydroxyl groups is 1. The predicted molar refractivity (Wildman–Crippen MR) is 132 cm³/mol. The van der Waals surface area contributed by atoms with Gasteiger partial charge in [0.2, 0.25) is 0 Å². The maximum atomic E-state index is 13.6. The van der Waals surface area contributed by atoms with Crippen LogP contribution in [0.3, 0.4) is 0 Å². The van der Waals surface area contributed by atoms with Gasteiger partial charge in [0.1, 0.15) is 0 Å². The van der Waals surface area contributed by atoms with E-state index in [4.69, 9.17) is 4.74 Å². The molecule has 14 heteroatoms. The molecule has 7 nitrogen and oxygen atoms in total. The second kappa shape index (κ2) is 10.3. The molecule has 1 atom stereocenters. The fraction of sp³-hybridized carbons (Fsp3) is 0.320. The molecule has 0 spiro atoms. The van der Waals surface area contributed by atoms with Crippen LogP contribution >= 0.6 is 11.8 Å². The Bertz CT molecular complexity index is 1480. The van der Waals surface area contributed by atoms with Crippen molar-refractivity contribution < 1.29 is 41.0 Å². The summed E-state index contributed by atoms with van der Waals surface area (Å²) in [5.41, 5.74) is -2.02. The molecule has 2 aliphatic heterocycles. The molecule has 1 fully saturated rings. The van der Waals surface area contributed by atoms with Crippen LogP contribution < -0.4 is 0 Å². The van der Waals surface area contributed by atoms with E-state index in [1.807, 2.05) is 4.90 Å². The highest BCUT2D eigenvalue weighted by Crippen LogP contribution is 2.38. The van der Waals surface area contributed by atoms with Crippen molar-refractivity contribution in [1.82, 2.24) is 14.7 Å². The highest BCUT2D eigenvalue weighted by atomic mass is 32.2. The Balaban J connectivity index is 1.38. The molecular formula is C25H20F6N4O3S. The van der Waals surface area contributed by atoms with Crippen molar-refractivity contribution in [3.63, 3.8) is 0 Å². The van der Waals surface area contributed by atoms with Gasteiger partial charge in [-0.05, 0) is 53.2 Å². The summed E-state index contributed by atoms with van der Waals surface area (Å²) in [6.07, 6.45) is -6.83. The molecule has 3 heterocycles. The Morgan fingerprint density at radius 1 is 1.10 bits per heavy atom. The Labute approximate surface area is 221 Å². The Morgan fingerprint density at radius 3 is 2.62 bits per heavy atom. The van der Waals surface area contributed by atoms with Gasteiger partial charge in [-0.25, -0.2) is 0 Å². The predicted octanol–water partition coefficient (Wildman–Crippen LogP) is 4.79. The highest BCUT2D eigenvalue weighted by Gasteiger charge is 2.38. The maximum Gasteiger partial charge on any atom is 0.416 e. The van der Waals surface area contributed by atoms with Gasteiger partial charge in [-0.2, -0.15) is 36.4 Å². The largest absolute Gasteiger partial charge is 0.416 e. The van der Waals surface area contributed by atoms with Gasteiger partial charge in [0.25, 0.3) is 5.91 Å². The van der Waals surface area contributed by atoms with E-state index in [1.165, 1.54) is 22.6 Å². The zero-order chi connectivity index (χ0) is 27.9. The minimum absolute atomic E-state index is 0.109. The van der Waals surface area contributed by atoms with E-state index in [-0.39, 0.29) is 24.3 Å². The third-order valence-electron chi connectivity index (χ3n) is 6.32. The first-order valence-electron chi connectivity index (χ1n) is 11.6. The number of rotatable bonds is 4. The highest BCUT2D eigenvalue weighted by molar-refractivity contribution is 8.18. The van der Waals surface area contributed by atoms with Gasteiger partial charge in [0, 0.05) is 11.9 Å². The molecule has 5 rings (SSSR count). The van der Waals surface area contributed by atoms with E-state index in [1.54, 1.807) is 24.3 Å². The van der Waals surface area contributed by atoms with Gasteiger partial charge in [-0.15, -0.1) is 0 Å². The topological polar surface area (TPSA) is 80.0 Å². The van der Waals surface area contributed by atoms with Crippen LogP contribution in [0.4, 0.5) is 26.3 Å². The molecule has 0 bridgehead atoms. The number of thioether (sulfide) groups is 1. The first-order chi connectivity index (χ1) is 18.4. The number of alkyl halides is 6. The number of hydrogen-bond donors (Lipinski definition) is 1. The fourth-order valence-electron chi connectivity index (χ4n) is 4.37. The lowest BCUT2D eigenvalue weighted by Gasteiger charge is -2.35. The molecule has 1 amide bonds. The molecule has 0 saturated carbocycles. The average molecular weight is 571 g/mol. The van der Waals surface area contributed by atoms with E-state index in [0.717, 1.165) is 6.07 Å². The number of aromatic nitrogens is 2. The van der Waals surface area contributed by atoms with Crippen molar-refractivity contribution in [1.29, 1.82) is 0 Å². The number of ether oxygens (including phenoxy) is 1. The van der Waals surface area contributed by atoms with Crippen LogP contribution in [0.1, 0.15) is 22.3 Å². The Hall–Kier alpha value is -3.36. The van der Waals surface area contributed by atoms with Crippen molar-refractivity contribution in [3.05, 3.63) is 69.8 Å². The van der Waals surface area contributed by atoms with Crippen LogP contribution in [0.15, 0.2) is 52.5 Å². The third-order valence-corrected chi connectivity index (χ3v) is 7.34. The summed E-state index contributed by atoms with van der Waals surface area (Å²) in [7, 11) is 0. The first-order valence-corrected chi connectivity index (χ1v) is 12.5. The van der Waals surface area contributed by atoms with Crippen molar-refractivity contribution in [3.8, 4) is 0 Å². The molecule has 0 unspecified atom stereocenters. The van der Waals surface area contributed by atoms with Crippen LogP contribution in [0, 0.1) is 0 Å². The van der Waals surface area contributed by atoms with Gasteiger partial charge in [-0.1, -0.05) is 12.1 Å². The van der Waals surface area contributed by atoms with Crippen molar-refractivity contribution in [2.24, 2.45) is 4.99 Å². The monoisotopic (exact) mass is 570 g/mol. The lowest BCUT2D eigenvalue weighted by Crippen LogP contribution is -2.49. The van der Waals surface area contributed by atoms with Gasteiger partial charge in [-0.3, -0.25) is 9.48 Å². The molecule has 2 aromatic carbocycles. The summed E-state index contributed by atoms with van der Waals surface area (Å²) in [6.45, 7) is 0.706. The summed E-state index contributed by atoms with van der Waals surface area (Å²) in [5.74, 6) is -0.434. The number of carbonyl (C=O) groups excluding carboxylic acids is 1. The normalized spacial score (nSPS) is 19.8. The van der Waals surface area contributed by atoms with E-state index in [2.05, 4.69) is 10.1 Å². The Morgan fingerprint density at radius 2 is 1.90 bits per heavy atom. The summed E-state index contributed by atoms with van der Waals surface area (Å²) in [5, 5.41) is 14.8. The number of hydrogen-bond acceptors (Lipinski definition) is 6. The van der Waals surface area contributed by atoms with E-state index >= 15 is 0 Å². The number of fused-ring (bicyclic) bond motifs is 1. The molecule has 206 valence electrons. The number of aliphatic imine (C=N–C) groups is 1. The second-order valence-electron chi connectivity index (χ2n) is 8.90. The van der Waals surface area contributed by atoms with Crippen molar-refractivity contribution in [2.45, 2.75) is 24.9 Å². The second-order valence-corrected chi connectivity index (χ2v) is 9.91. The molecule has 1 aromatic heterocycles. The van der Waals surface area contributed by atoms with Crippen LogP contribution in [0.25, 0.3) is 17.0 Å². The summed E-state index contributed by atoms with van der Waals surface area (Å²) in [6, 6.07) is 6.20. The molecule has 2 aliphatic rings. The number of amides is 1. The lowest BCUT2D eigenvalue weighted by atomic mass is 10.0. The fourth-order valence-corrected chi connectivity index (χ4v) is 5.38. The third kappa shape index (κ3) is 5.68. The number of morpholine rings is 1. The van der Waals surface area contributed by atoms with Crippen molar-refractivity contribution >= 4 is 39.8 Å². The van der Waals surface area contributed by atoms with Gasteiger partial charge < -0.3 is 14.7 Å².